The maximum Gasteiger partial charge on any atom is 0.253 e. The van der Waals surface area contributed by atoms with Crippen LogP contribution in [0.25, 0.3) is 0 Å². The van der Waals surface area contributed by atoms with Crippen molar-refractivity contribution in [1.82, 2.24) is 4.90 Å². The first kappa shape index (κ1) is 18.1. The molecule has 0 aromatic heterocycles. The number of hydrogen-bond donors (Lipinski definition) is 1. The third kappa shape index (κ3) is 4.86. The zero-order valence-electron chi connectivity index (χ0n) is 14.4. The number of anilines is 1. The second-order valence-electron chi connectivity index (χ2n) is 5.89. The highest BCUT2D eigenvalue weighted by atomic mass is 32.2. The van der Waals surface area contributed by atoms with Crippen molar-refractivity contribution < 1.29 is 9.59 Å². The Hall–Kier alpha value is -2.27. The fourth-order valence-electron chi connectivity index (χ4n) is 2.29. The highest BCUT2D eigenvalue weighted by Crippen LogP contribution is 2.23. The molecular formula is C19H22N2O2S. The predicted molar refractivity (Wildman–Crippen MR) is 99.7 cm³/mol. The monoisotopic (exact) mass is 342 g/mol. The molecule has 2 aromatic carbocycles. The summed E-state index contributed by atoms with van der Waals surface area (Å²) in [5.41, 5.74) is 3.57. The standard InChI is InChI=1S/C19H22N2O2S/c1-13-8-9-17(14(2)10-13)24-12-18(22)20-16-7-5-6-15(11-16)19(23)21(3)4/h5-11H,12H2,1-4H3,(H,20,22). The molecule has 0 fully saturated rings. The van der Waals surface area contributed by atoms with Gasteiger partial charge in [0.1, 0.15) is 0 Å². The van der Waals surface area contributed by atoms with Crippen LogP contribution in [0.4, 0.5) is 5.69 Å². The average Bonchev–Trinajstić information content (AvgIpc) is 2.53. The van der Waals surface area contributed by atoms with Gasteiger partial charge < -0.3 is 10.2 Å². The van der Waals surface area contributed by atoms with Crippen LogP contribution in [0.15, 0.2) is 47.4 Å². The lowest BCUT2D eigenvalue weighted by molar-refractivity contribution is -0.113. The van der Waals surface area contributed by atoms with E-state index >= 15 is 0 Å². The van der Waals surface area contributed by atoms with E-state index in [4.69, 9.17) is 0 Å². The first-order valence-corrected chi connectivity index (χ1v) is 8.67. The van der Waals surface area contributed by atoms with Crippen molar-refractivity contribution >= 4 is 29.3 Å². The summed E-state index contributed by atoms with van der Waals surface area (Å²) in [6, 6.07) is 13.2. The van der Waals surface area contributed by atoms with Gasteiger partial charge in [-0.2, -0.15) is 0 Å². The Morgan fingerprint density at radius 2 is 1.83 bits per heavy atom. The first-order valence-electron chi connectivity index (χ1n) is 7.68. The van der Waals surface area contributed by atoms with E-state index in [9.17, 15) is 9.59 Å². The minimum Gasteiger partial charge on any atom is -0.345 e. The maximum absolute atomic E-state index is 12.2. The van der Waals surface area contributed by atoms with E-state index in [1.54, 1.807) is 38.4 Å². The van der Waals surface area contributed by atoms with Gasteiger partial charge in [0.05, 0.1) is 5.75 Å². The fraction of sp³-hybridized carbons (Fsp3) is 0.263. The van der Waals surface area contributed by atoms with E-state index in [1.807, 2.05) is 19.1 Å². The van der Waals surface area contributed by atoms with E-state index < -0.39 is 0 Å². The van der Waals surface area contributed by atoms with E-state index in [2.05, 4.69) is 18.3 Å². The van der Waals surface area contributed by atoms with Crippen molar-refractivity contribution in [2.75, 3.05) is 25.2 Å². The van der Waals surface area contributed by atoms with Gasteiger partial charge in [-0.3, -0.25) is 9.59 Å². The Morgan fingerprint density at radius 1 is 1.08 bits per heavy atom. The minimum atomic E-state index is -0.0885. The van der Waals surface area contributed by atoms with Gasteiger partial charge in [0.25, 0.3) is 5.91 Å². The number of hydrogen-bond acceptors (Lipinski definition) is 3. The van der Waals surface area contributed by atoms with Crippen LogP contribution in [0.3, 0.4) is 0 Å². The van der Waals surface area contributed by atoms with Crippen molar-refractivity contribution in [3.05, 3.63) is 59.2 Å². The molecule has 0 bridgehead atoms. The average molecular weight is 342 g/mol. The lowest BCUT2D eigenvalue weighted by Crippen LogP contribution is -2.22. The molecular weight excluding hydrogens is 320 g/mol. The van der Waals surface area contributed by atoms with E-state index in [-0.39, 0.29) is 11.8 Å². The zero-order chi connectivity index (χ0) is 17.7. The molecule has 0 saturated carbocycles. The normalized spacial score (nSPS) is 10.3. The van der Waals surface area contributed by atoms with Crippen LogP contribution < -0.4 is 5.32 Å². The van der Waals surface area contributed by atoms with Crippen molar-refractivity contribution in [2.24, 2.45) is 0 Å². The number of nitrogens with one attached hydrogen (secondary N) is 1. The molecule has 0 atom stereocenters. The lowest BCUT2D eigenvalue weighted by Gasteiger charge is -2.12. The molecule has 2 amide bonds. The molecule has 0 unspecified atom stereocenters. The molecule has 0 radical (unpaired) electrons. The van der Waals surface area contributed by atoms with Crippen molar-refractivity contribution in [3.63, 3.8) is 0 Å². The predicted octanol–water partition coefficient (Wildman–Crippen LogP) is 3.74. The summed E-state index contributed by atoms with van der Waals surface area (Å²) in [7, 11) is 3.41. The van der Waals surface area contributed by atoms with Crippen LogP contribution in [0.5, 0.6) is 0 Å². The van der Waals surface area contributed by atoms with Crippen LogP contribution in [0.1, 0.15) is 21.5 Å². The molecule has 5 heteroatoms. The third-order valence-electron chi connectivity index (χ3n) is 3.49. The Labute approximate surface area is 147 Å². The van der Waals surface area contributed by atoms with E-state index in [1.165, 1.54) is 27.8 Å². The van der Waals surface area contributed by atoms with Crippen LogP contribution in [-0.4, -0.2) is 36.6 Å². The van der Waals surface area contributed by atoms with Gasteiger partial charge in [-0.25, -0.2) is 0 Å². The topological polar surface area (TPSA) is 49.4 Å². The molecule has 4 nitrogen and oxygen atoms in total. The lowest BCUT2D eigenvalue weighted by atomic mass is 10.2. The number of carbonyl (C=O) groups excluding carboxylic acids is 2. The molecule has 0 heterocycles. The second kappa shape index (κ2) is 8.02. The summed E-state index contributed by atoms with van der Waals surface area (Å²) in [6.07, 6.45) is 0. The molecule has 0 aliphatic heterocycles. The molecule has 24 heavy (non-hydrogen) atoms. The number of thioether (sulfide) groups is 1. The number of aryl methyl sites for hydroxylation is 2. The Morgan fingerprint density at radius 3 is 2.50 bits per heavy atom. The Bertz CT molecular complexity index is 757. The summed E-state index contributed by atoms with van der Waals surface area (Å²) in [5.74, 6) is 0.153. The third-order valence-corrected chi connectivity index (χ3v) is 4.66. The Balaban J connectivity index is 1.97. The number of carbonyl (C=O) groups is 2. The van der Waals surface area contributed by atoms with E-state index in [0.717, 1.165) is 4.90 Å². The Kier molecular flexibility index (Phi) is 6.04. The van der Waals surface area contributed by atoms with Crippen LogP contribution in [-0.2, 0) is 4.79 Å². The highest BCUT2D eigenvalue weighted by molar-refractivity contribution is 8.00. The number of amides is 2. The van der Waals surface area contributed by atoms with Crippen LogP contribution >= 0.6 is 11.8 Å². The summed E-state index contributed by atoms with van der Waals surface area (Å²) in [6.45, 7) is 4.10. The summed E-state index contributed by atoms with van der Waals surface area (Å²) < 4.78 is 0. The number of nitrogens with zero attached hydrogens (tertiary/aromatic N) is 1. The smallest absolute Gasteiger partial charge is 0.253 e. The van der Waals surface area contributed by atoms with Crippen LogP contribution in [0.2, 0.25) is 0 Å². The van der Waals surface area contributed by atoms with Crippen molar-refractivity contribution in [3.8, 4) is 0 Å². The molecule has 2 rings (SSSR count). The van der Waals surface area contributed by atoms with Crippen molar-refractivity contribution in [1.29, 1.82) is 0 Å². The molecule has 2 aromatic rings. The summed E-state index contributed by atoms with van der Waals surface area (Å²) >= 11 is 1.51. The fourth-order valence-corrected chi connectivity index (χ4v) is 3.10. The SMILES string of the molecule is Cc1ccc(SCC(=O)Nc2cccc(C(=O)N(C)C)c2)c(C)c1. The summed E-state index contributed by atoms with van der Waals surface area (Å²) in [4.78, 5) is 26.7. The quantitative estimate of drug-likeness (QED) is 0.842. The molecule has 126 valence electrons. The van der Waals surface area contributed by atoms with Crippen molar-refractivity contribution in [2.45, 2.75) is 18.7 Å². The van der Waals surface area contributed by atoms with Gasteiger partial charge in [-0.1, -0.05) is 23.8 Å². The van der Waals surface area contributed by atoms with Gasteiger partial charge in [-0.15, -0.1) is 11.8 Å². The van der Waals surface area contributed by atoms with Gasteiger partial charge in [0, 0.05) is 30.2 Å². The van der Waals surface area contributed by atoms with Gasteiger partial charge in [-0.05, 0) is 43.7 Å². The molecule has 1 N–H and O–H groups in total. The molecule has 0 spiro atoms. The molecule has 0 aliphatic carbocycles. The zero-order valence-corrected chi connectivity index (χ0v) is 15.2. The first-order chi connectivity index (χ1) is 11.4. The van der Waals surface area contributed by atoms with Gasteiger partial charge >= 0.3 is 0 Å². The minimum absolute atomic E-state index is 0.0873. The number of benzene rings is 2. The number of rotatable bonds is 5. The molecule has 0 aliphatic rings. The summed E-state index contributed by atoms with van der Waals surface area (Å²) in [5, 5.41) is 2.85. The largest absolute Gasteiger partial charge is 0.345 e. The van der Waals surface area contributed by atoms with Gasteiger partial charge in [0.2, 0.25) is 5.91 Å². The second-order valence-corrected chi connectivity index (χ2v) is 6.90. The van der Waals surface area contributed by atoms with Crippen LogP contribution in [0, 0.1) is 13.8 Å². The van der Waals surface area contributed by atoms with E-state index in [0.29, 0.717) is 17.0 Å². The van der Waals surface area contributed by atoms with Gasteiger partial charge in [0.15, 0.2) is 0 Å². The molecule has 0 saturated heterocycles. The maximum atomic E-state index is 12.2. The highest BCUT2D eigenvalue weighted by Gasteiger charge is 2.10.